The molecule has 0 spiro atoms. The van der Waals surface area contributed by atoms with Gasteiger partial charge in [-0.1, -0.05) is 12.1 Å². The van der Waals surface area contributed by atoms with Crippen molar-refractivity contribution in [3.05, 3.63) is 29.8 Å². The largest absolute Gasteiger partial charge is 0.489 e. The Morgan fingerprint density at radius 1 is 1.31 bits per heavy atom. The second-order valence-electron chi connectivity index (χ2n) is 4.72. The molecule has 0 N–H and O–H groups in total. The highest BCUT2D eigenvalue weighted by Gasteiger charge is 2.54. The fourth-order valence-electron chi connectivity index (χ4n) is 2.44. The molecule has 1 heterocycles. The van der Waals surface area contributed by atoms with E-state index in [4.69, 9.17) is 4.74 Å². The van der Waals surface area contributed by atoms with Crippen molar-refractivity contribution < 1.29 is 14.3 Å². The lowest BCUT2D eigenvalue weighted by molar-refractivity contribution is -0.136. The Morgan fingerprint density at radius 2 is 2.06 bits per heavy atom. The first-order chi connectivity index (χ1) is 7.63. The van der Waals surface area contributed by atoms with Gasteiger partial charge in [-0.25, -0.2) is 0 Å². The van der Waals surface area contributed by atoms with Crippen LogP contribution in [0, 0.1) is 5.41 Å². The van der Waals surface area contributed by atoms with Crippen LogP contribution < -0.4 is 4.74 Å². The fourth-order valence-corrected chi connectivity index (χ4v) is 2.44. The molecular formula is C13H12O3. The molecule has 82 valence electrons. The predicted octanol–water partition coefficient (Wildman–Crippen LogP) is 2.00. The Balaban J connectivity index is 2.15. The predicted molar refractivity (Wildman–Crippen MR) is 57.5 cm³/mol. The average Bonchev–Trinajstić information content (AvgIpc) is 2.35. The van der Waals surface area contributed by atoms with Gasteiger partial charge in [0.15, 0.2) is 0 Å². The van der Waals surface area contributed by atoms with Crippen LogP contribution in [0.1, 0.15) is 30.1 Å². The standard InChI is InChI=1S/C13H12O3/c1-13-7-6-10(13)16-9-5-3-2-4-8(9)11(14)12(13)15/h2-5,10H,6-7H2,1H3. The summed E-state index contributed by atoms with van der Waals surface area (Å²) in [4.78, 5) is 24.1. The molecule has 1 aromatic rings. The maximum atomic E-state index is 12.1. The van der Waals surface area contributed by atoms with Gasteiger partial charge >= 0.3 is 0 Å². The van der Waals surface area contributed by atoms with Crippen molar-refractivity contribution in [2.24, 2.45) is 5.41 Å². The molecule has 1 aromatic carbocycles. The number of rotatable bonds is 0. The Labute approximate surface area is 93.4 Å². The summed E-state index contributed by atoms with van der Waals surface area (Å²) in [5.74, 6) is -0.150. The molecule has 0 aromatic heterocycles. The van der Waals surface area contributed by atoms with E-state index >= 15 is 0 Å². The minimum Gasteiger partial charge on any atom is -0.489 e. The van der Waals surface area contributed by atoms with Gasteiger partial charge in [0.2, 0.25) is 11.6 Å². The lowest BCUT2D eigenvalue weighted by Crippen LogP contribution is -2.52. The second kappa shape index (κ2) is 2.94. The van der Waals surface area contributed by atoms with E-state index in [0.717, 1.165) is 12.8 Å². The summed E-state index contributed by atoms with van der Waals surface area (Å²) < 4.78 is 5.76. The quantitative estimate of drug-likeness (QED) is 0.623. The first kappa shape index (κ1) is 9.58. The molecule has 3 nitrogen and oxygen atoms in total. The number of para-hydroxylation sites is 1. The molecule has 0 radical (unpaired) electrons. The Hall–Kier alpha value is -1.64. The van der Waals surface area contributed by atoms with Gasteiger partial charge < -0.3 is 4.74 Å². The van der Waals surface area contributed by atoms with E-state index in [1.54, 1.807) is 18.2 Å². The van der Waals surface area contributed by atoms with E-state index in [2.05, 4.69) is 0 Å². The molecule has 1 saturated carbocycles. The van der Waals surface area contributed by atoms with Crippen LogP contribution in [0.15, 0.2) is 24.3 Å². The van der Waals surface area contributed by atoms with Crippen LogP contribution in [-0.2, 0) is 4.79 Å². The lowest BCUT2D eigenvalue weighted by Gasteiger charge is -2.43. The molecule has 3 heteroatoms. The van der Waals surface area contributed by atoms with E-state index in [9.17, 15) is 9.59 Å². The molecule has 0 amide bonds. The van der Waals surface area contributed by atoms with Crippen molar-refractivity contribution in [2.75, 3.05) is 0 Å². The van der Waals surface area contributed by atoms with Gasteiger partial charge in [0.1, 0.15) is 11.9 Å². The van der Waals surface area contributed by atoms with E-state index in [1.807, 2.05) is 13.0 Å². The molecular weight excluding hydrogens is 204 g/mol. The number of ketones is 2. The zero-order valence-corrected chi connectivity index (χ0v) is 9.03. The number of carbonyl (C=O) groups excluding carboxylic acids is 2. The summed E-state index contributed by atoms with van der Waals surface area (Å²) in [6, 6.07) is 6.98. The molecule has 1 aliphatic heterocycles. The number of benzene rings is 1. The second-order valence-corrected chi connectivity index (χ2v) is 4.72. The molecule has 1 aliphatic carbocycles. The van der Waals surface area contributed by atoms with Crippen molar-refractivity contribution in [3.63, 3.8) is 0 Å². The Morgan fingerprint density at radius 3 is 2.75 bits per heavy atom. The third kappa shape index (κ3) is 1.03. The summed E-state index contributed by atoms with van der Waals surface area (Å²) in [6.45, 7) is 1.83. The highest BCUT2D eigenvalue weighted by molar-refractivity contribution is 6.46. The van der Waals surface area contributed by atoms with Crippen molar-refractivity contribution in [1.29, 1.82) is 0 Å². The summed E-state index contributed by atoms with van der Waals surface area (Å²) in [7, 11) is 0. The van der Waals surface area contributed by atoms with E-state index < -0.39 is 11.2 Å². The summed E-state index contributed by atoms with van der Waals surface area (Å²) in [5.41, 5.74) is -0.195. The third-order valence-electron chi connectivity index (χ3n) is 3.76. The SMILES string of the molecule is CC12CCC1Oc1ccccc1C(=O)C2=O. The summed E-state index contributed by atoms with van der Waals surface area (Å²) >= 11 is 0. The number of fused-ring (bicyclic) bond motifs is 2. The lowest BCUT2D eigenvalue weighted by atomic mass is 9.64. The number of hydrogen-bond donors (Lipinski definition) is 0. The maximum Gasteiger partial charge on any atom is 0.233 e. The number of Topliss-reactive ketones (excluding diaryl/α,β-unsaturated/α-hetero) is 2. The summed E-state index contributed by atoms with van der Waals surface area (Å²) in [6.07, 6.45) is 1.47. The Kier molecular flexibility index (Phi) is 1.76. The molecule has 1 fully saturated rings. The monoisotopic (exact) mass is 216 g/mol. The molecule has 0 saturated heterocycles. The van der Waals surface area contributed by atoms with Gasteiger partial charge in [0.05, 0.1) is 11.0 Å². The van der Waals surface area contributed by atoms with Crippen LogP contribution in [0.5, 0.6) is 5.75 Å². The summed E-state index contributed by atoms with van der Waals surface area (Å²) in [5, 5.41) is 0. The average molecular weight is 216 g/mol. The van der Waals surface area contributed by atoms with Crippen LogP contribution in [0.4, 0.5) is 0 Å². The van der Waals surface area contributed by atoms with Gasteiger partial charge in [-0.05, 0) is 31.9 Å². The van der Waals surface area contributed by atoms with Crippen molar-refractivity contribution in [1.82, 2.24) is 0 Å². The highest BCUT2D eigenvalue weighted by atomic mass is 16.5. The minimum atomic E-state index is -0.601. The molecule has 3 rings (SSSR count). The number of ether oxygens (including phenoxy) is 1. The van der Waals surface area contributed by atoms with E-state index in [1.165, 1.54) is 0 Å². The third-order valence-corrected chi connectivity index (χ3v) is 3.76. The maximum absolute atomic E-state index is 12.1. The van der Waals surface area contributed by atoms with Crippen LogP contribution >= 0.6 is 0 Å². The van der Waals surface area contributed by atoms with Gasteiger partial charge in [-0.2, -0.15) is 0 Å². The number of carbonyl (C=O) groups is 2. The van der Waals surface area contributed by atoms with Crippen LogP contribution in [0.3, 0.4) is 0 Å². The molecule has 2 unspecified atom stereocenters. The zero-order chi connectivity index (χ0) is 11.3. The first-order valence-corrected chi connectivity index (χ1v) is 5.48. The zero-order valence-electron chi connectivity index (χ0n) is 9.03. The van der Waals surface area contributed by atoms with Crippen LogP contribution in [-0.4, -0.2) is 17.7 Å². The molecule has 2 atom stereocenters. The van der Waals surface area contributed by atoms with Gasteiger partial charge in [0, 0.05) is 0 Å². The normalized spacial score (nSPS) is 31.9. The smallest absolute Gasteiger partial charge is 0.233 e. The highest BCUT2D eigenvalue weighted by Crippen LogP contribution is 2.47. The van der Waals surface area contributed by atoms with Gasteiger partial charge in [-0.15, -0.1) is 0 Å². The minimum absolute atomic E-state index is 0.132. The fraction of sp³-hybridized carbons (Fsp3) is 0.385. The first-order valence-electron chi connectivity index (χ1n) is 5.48. The van der Waals surface area contributed by atoms with Crippen molar-refractivity contribution in [3.8, 4) is 5.75 Å². The van der Waals surface area contributed by atoms with Gasteiger partial charge in [-0.3, -0.25) is 9.59 Å². The molecule has 16 heavy (non-hydrogen) atoms. The van der Waals surface area contributed by atoms with E-state index in [0.29, 0.717) is 11.3 Å². The molecule has 0 bridgehead atoms. The Bertz CT molecular complexity index is 492. The van der Waals surface area contributed by atoms with Crippen LogP contribution in [0.25, 0.3) is 0 Å². The van der Waals surface area contributed by atoms with Gasteiger partial charge in [0.25, 0.3) is 0 Å². The topological polar surface area (TPSA) is 43.4 Å². The van der Waals surface area contributed by atoms with Crippen molar-refractivity contribution in [2.45, 2.75) is 25.9 Å². The van der Waals surface area contributed by atoms with Crippen molar-refractivity contribution >= 4 is 11.6 Å². The van der Waals surface area contributed by atoms with E-state index in [-0.39, 0.29) is 11.9 Å². The van der Waals surface area contributed by atoms with Crippen LogP contribution in [0.2, 0.25) is 0 Å². The number of hydrogen-bond acceptors (Lipinski definition) is 3. The molecule has 2 aliphatic rings.